The van der Waals surface area contributed by atoms with Gasteiger partial charge in [-0.05, 0) is 36.0 Å². The van der Waals surface area contributed by atoms with E-state index in [0.29, 0.717) is 27.8 Å². The third-order valence-corrected chi connectivity index (χ3v) is 3.90. The first-order valence-corrected chi connectivity index (χ1v) is 8.08. The van der Waals surface area contributed by atoms with Crippen LogP contribution in [0, 0.1) is 10.1 Å². The lowest BCUT2D eigenvalue weighted by Gasteiger charge is -2.08. The summed E-state index contributed by atoms with van der Waals surface area (Å²) in [6.45, 7) is 0.355. The Balaban J connectivity index is 2.16. The molecule has 0 amide bonds. The van der Waals surface area contributed by atoms with Crippen LogP contribution in [-0.2, 0) is 6.54 Å². The molecule has 0 fully saturated rings. The largest absolute Gasteiger partial charge is 0.375 e. The third-order valence-electron chi connectivity index (χ3n) is 3.07. The van der Waals surface area contributed by atoms with Crippen LogP contribution < -0.4 is 16.5 Å². The zero-order valence-corrected chi connectivity index (χ0v) is 15.0. The van der Waals surface area contributed by atoms with Crippen molar-refractivity contribution in [2.75, 3.05) is 5.32 Å². The van der Waals surface area contributed by atoms with Crippen molar-refractivity contribution in [3.63, 3.8) is 0 Å². The van der Waals surface area contributed by atoms with E-state index in [2.05, 4.69) is 28.1 Å². The summed E-state index contributed by atoms with van der Waals surface area (Å²) < 4.78 is 0. The minimum Gasteiger partial charge on any atom is -0.375 e. The molecule has 2 rings (SSSR count). The van der Waals surface area contributed by atoms with Crippen molar-refractivity contribution in [2.45, 2.75) is 6.54 Å². The number of nitrogens with zero attached hydrogens (tertiary/aromatic N) is 2. The minimum absolute atomic E-state index is 0.00524. The summed E-state index contributed by atoms with van der Waals surface area (Å²) in [4.78, 5) is 10.8. The Kier molecular flexibility index (Phi) is 6.51. The minimum atomic E-state index is -0.477. The van der Waals surface area contributed by atoms with Crippen LogP contribution in [0.25, 0.3) is 0 Å². The number of nitrogens with one attached hydrogen (secondary N) is 2. The van der Waals surface area contributed by atoms with Crippen molar-refractivity contribution in [1.29, 1.82) is 0 Å². The molecule has 0 bridgehead atoms. The SMILES string of the molecule is NC(=S)NN=Cc1ccc(NCc2ccc(Cl)c(Cl)c2)c([N+](=O)[O-])c1. The first kappa shape index (κ1) is 18.9. The molecule has 2 aromatic carbocycles. The molecular formula is C15H13Cl2N5O2S. The van der Waals surface area contributed by atoms with Crippen molar-refractivity contribution < 1.29 is 4.92 Å². The number of hydrogen-bond acceptors (Lipinski definition) is 5. The maximum absolute atomic E-state index is 11.3. The second-order valence-electron chi connectivity index (χ2n) is 4.87. The van der Waals surface area contributed by atoms with Gasteiger partial charge >= 0.3 is 0 Å². The van der Waals surface area contributed by atoms with Gasteiger partial charge in [-0.2, -0.15) is 5.10 Å². The first-order chi connectivity index (χ1) is 11.9. The van der Waals surface area contributed by atoms with E-state index in [1.165, 1.54) is 12.3 Å². The monoisotopic (exact) mass is 397 g/mol. The van der Waals surface area contributed by atoms with E-state index >= 15 is 0 Å². The lowest BCUT2D eigenvalue weighted by molar-refractivity contribution is -0.384. The molecular weight excluding hydrogens is 385 g/mol. The number of anilines is 1. The topological polar surface area (TPSA) is 106 Å². The molecule has 0 radical (unpaired) electrons. The molecule has 4 N–H and O–H groups in total. The third kappa shape index (κ3) is 5.56. The van der Waals surface area contributed by atoms with E-state index in [0.717, 1.165) is 5.56 Å². The van der Waals surface area contributed by atoms with Crippen LogP contribution in [0.3, 0.4) is 0 Å². The van der Waals surface area contributed by atoms with E-state index in [1.54, 1.807) is 30.3 Å². The highest BCUT2D eigenvalue weighted by molar-refractivity contribution is 7.80. The Morgan fingerprint density at radius 1 is 1.28 bits per heavy atom. The summed E-state index contributed by atoms with van der Waals surface area (Å²) in [6, 6.07) is 9.82. The van der Waals surface area contributed by atoms with Gasteiger partial charge in [0, 0.05) is 18.2 Å². The number of hydrazone groups is 1. The van der Waals surface area contributed by atoms with Gasteiger partial charge in [0.05, 0.1) is 21.2 Å². The Bertz CT molecular complexity index is 845. The van der Waals surface area contributed by atoms with Gasteiger partial charge in [0.15, 0.2) is 5.11 Å². The molecule has 10 heteroatoms. The van der Waals surface area contributed by atoms with Crippen molar-refractivity contribution in [3.8, 4) is 0 Å². The predicted octanol–water partition coefficient (Wildman–Crippen LogP) is 3.68. The summed E-state index contributed by atoms with van der Waals surface area (Å²) in [5.74, 6) is 0. The lowest BCUT2D eigenvalue weighted by atomic mass is 10.1. The highest BCUT2D eigenvalue weighted by Crippen LogP contribution is 2.27. The van der Waals surface area contributed by atoms with Crippen LogP contribution in [0.5, 0.6) is 0 Å². The summed E-state index contributed by atoms with van der Waals surface area (Å²) >= 11 is 16.4. The molecule has 0 heterocycles. The molecule has 0 spiro atoms. The number of nitro benzene ring substituents is 1. The van der Waals surface area contributed by atoms with Crippen LogP contribution in [-0.4, -0.2) is 16.3 Å². The number of hydrogen-bond donors (Lipinski definition) is 3. The standard InChI is InChI=1S/C15H13Cl2N5O2S/c16-11-3-1-9(5-12(11)17)7-19-13-4-2-10(6-14(13)22(23)24)8-20-21-15(18)25/h1-6,8,19H,7H2,(H3,18,21,25). The lowest BCUT2D eigenvalue weighted by Crippen LogP contribution is -2.23. The van der Waals surface area contributed by atoms with Gasteiger partial charge in [0.25, 0.3) is 5.69 Å². The molecule has 0 saturated carbocycles. The molecule has 7 nitrogen and oxygen atoms in total. The Morgan fingerprint density at radius 3 is 2.68 bits per heavy atom. The fourth-order valence-corrected chi connectivity index (χ4v) is 2.32. The molecule has 0 saturated heterocycles. The van der Waals surface area contributed by atoms with Crippen molar-refractivity contribution >= 4 is 58.1 Å². The quantitative estimate of drug-likeness (QED) is 0.297. The van der Waals surface area contributed by atoms with Gasteiger partial charge in [-0.1, -0.05) is 35.3 Å². The van der Waals surface area contributed by atoms with E-state index < -0.39 is 4.92 Å². The number of rotatable bonds is 6. The first-order valence-electron chi connectivity index (χ1n) is 6.91. The summed E-state index contributed by atoms with van der Waals surface area (Å²) in [5.41, 5.74) is 9.28. The van der Waals surface area contributed by atoms with Crippen molar-refractivity contribution in [1.82, 2.24) is 5.43 Å². The molecule has 0 aliphatic heterocycles. The summed E-state index contributed by atoms with van der Waals surface area (Å²) in [7, 11) is 0. The molecule has 0 aliphatic carbocycles. The zero-order valence-electron chi connectivity index (χ0n) is 12.7. The van der Waals surface area contributed by atoms with Crippen LogP contribution in [0.4, 0.5) is 11.4 Å². The zero-order chi connectivity index (χ0) is 18.4. The Labute approximate surface area is 159 Å². The van der Waals surface area contributed by atoms with Crippen LogP contribution in [0.2, 0.25) is 10.0 Å². The van der Waals surface area contributed by atoms with Gasteiger partial charge in [-0.25, -0.2) is 0 Å². The molecule has 25 heavy (non-hydrogen) atoms. The fourth-order valence-electron chi connectivity index (χ4n) is 1.95. The van der Waals surface area contributed by atoms with Gasteiger partial charge in [-0.3, -0.25) is 15.5 Å². The maximum Gasteiger partial charge on any atom is 0.292 e. The molecule has 0 aromatic heterocycles. The van der Waals surface area contributed by atoms with Crippen molar-refractivity contribution in [3.05, 3.63) is 67.7 Å². The van der Waals surface area contributed by atoms with Gasteiger partial charge in [0.2, 0.25) is 0 Å². The highest BCUT2D eigenvalue weighted by atomic mass is 35.5. The fraction of sp³-hybridized carbons (Fsp3) is 0.0667. The smallest absolute Gasteiger partial charge is 0.292 e. The van der Waals surface area contributed by atoms with Crippen LogP contribution in [0.15, 0.2) is 41.5 Å². The number of nitro groups is 1. The second kappa shape index (κ2) is 8.61. The van der Waals surface area contributed by atoms with Crippen LogP contribution in [0.1, 0.15) is 11.1 Å². The molecule has 130 valence electrons. The van der Waals surface area contributed by atoms with Crippen LogP contribution >= 0.6 is 35.4 Å². The molecule has 0 aliphatic rings. The van der Waals surface area contributed by atoms with Gasteiger partial charge < -0.3 is 11.1 Å². The van der Waals surface area contributed by atoms with E-state index in [4.69, 9.17) is 28.9 Å². The molecule has 0 atom stereocenters. The molecule has 2 aromatic rings. The van der Waals surface area contributed by atoms with Gasteiger partial charge in [-0.15, -0.1) is 0 Å². The number of nitrogens with two attached hydrogens (primary N) is 1. The maximum atomic E-state index is 11.3. The normalized spacial score (nSPS) is 10.6. The average molecular weight is 398 g/mol. The van der Waals surface area contributed by atoms with Crippen molar-refractivity contribution in [2.24, 2.45) is 10.8 Å². The summed E-state index contributed by atoms with van der Waals surface area (Å²) in [5, 5.41) is 19.0. The number of halogens is 2. The van der Waals surface area contributed by atoms with E-state index in [1.807, 2.05) is 0 Å². The molecule has 0 unspecified atom stereocenters. The number of thiocarbonyl (C=S) groups is 1. The Hall–Kier alpha value is -2.42. The second-order valence-corrected chi connectivity index (χ2v) is 6.12. The predicted molar refractivity (Wildman–Crippen MR) is 104 cm³/mol. The van der Waals surface area contributed by atoms with E-state index in [9.17, 15) is 10.1 Å². The summed E-state index contributed by atoms with van der Waals surface area (Å²) in [6.07, 6.45) is 1.38. The van der Waals surface area contributed by atoms with Gasteiger partial charge in [0.1, 0.15) is 5.69 Å². The Morgan fingerprint density at radius 2 is 2.04 bits per heavy atom. The van der Waals surface area contributed by atoms with E-state index in [-0.39, 0.29) is 10.8 Å². The average Bonchev–Trinajstić information content (AvgIpc) is 2.56. The highest BCUT2D eigenvalue weighted by Gasteiger charge is 2.14. The number of benzene rings is 2.